The lowest BCUT2D eigenvalue weighted by atomic mass is 9.85. The Balaban J connectivity index is 2.37. The number of allylic oxidation sites excluding steroid dienone is 4. The number of hydrogen-bond donors (Lipinski definition) is 6. The summed E-state index contributed by atoms with van der Waals surface area (Å²) in [4.78, 5) is 35.7. The van der Waals surface area contributed by atoms with Gasteiger partial charge in [0.25, 0.3) is 0 Å². The lowest BCUT2D eigenvalue weighted by Gasteiger charge is -2.41. The smallest absolute Gasteiger partial charge is 0.462 e. The van der Waals surface area contributed by atoms with Crippen LogP contribution in [-0.2, 0) is 32.7 Å². The highest BCUT2D eigenvalue weighted by atomic mass is 31.2. The topological polar surface area (TPSA) is 210 Å². The van der Waals surface area contributed by atoms with Gasteiger partial charge in [0.15, 0.2) is 6.10 Å². The second kappa shape index (κ2) is 39.5. The fraction of sp³-hybridized carbons (Fsp3) is 0.878. The number of aliphatic hydroxyl groups excluding tert-OH is 5. The van der Waals surface area contributed by atoms with Gasteiger partial charge in [-0.15, -0.1) is 0 Å². The van der Waals surface area contributed by atoms with Crippen molar-refractivity contribution in [3.8, 4) is 0 Å². The Morgan fingerprint density at radius 2 is 0.841 bits per heavy atom. The van der Waals surface area contributed by atoms with Crippen molar-refractivity contribution in [2.75, 3.05) is 13.2 Å². The van der Waals surface area contributed by atoms with Crippen molar-refractivity contribution in [3.05, 3.63) is 24.3 Å². The van der Waals surface area contributed by atoms with Gasteiger partial charge in [-0.25, -0.2) is 4.57 Å². The number of carbonyl (C=O) groups excluding carboxylic acids is 2. The molecule has 1 aliphatic carbocycles. The summed E-state index contributed by atoms with van der Waals surface area (Å²) in [5.74, 6) is -1.14. The number of hydrogen-bond acceptors (Lipinski definition) is 12. The third kappa shape index (κ3) is 31.8. The molecule has 1 aliphatic rings. The van der Waals surface area contributed by atoms with Gasteiger partial charge in [-0.05, 0) is 51.4 Å². The van der Waals surface area contributed by atoms with Crippen molar-refractivity contribution in [2.24, 2.45) is 0 Å². The molecule has 0 spiro atoms. The molecule has 63 heavy (non-hydrogen) atoms. The van der Waals surface area contributed by atoms with Crippen LogP contribution >= 0.6 is 7.82 Å². The molecule has 0 aromatic rings. The van der Waals surface area contributed by atoms with Crippen LogP contribution in [0.3, 0.4) is 0 Å². The molecule has 0 aromatic heterocycles. The maximum atomic E-state index is 12.8. The van der Waals surface area contributed by atoms with Gasteiger partial charge in [-0.2, -0.15) is 0 Å². The molecular weight excluding hydrogens is 827 g/mol. The molecule has 1 fully saturated rings. The average Bonchev–Trinajstić information content (AvgIpc) is 3.26. The van der Waals surface area contributed by atoms with Crippen LogP contribution in [0.1, 0.15) is 219 Å². The minimum absolute atomic E-state index is 0.0500. The maximum absolute atomic E-state index is 12.8. The SMILES string of the molecule is CCCC/C=C/CCCCCCCC(=O)OC[C@H](COP(=O)(O)OC1C(O)C(O)C(O)[C@@H](O)C1O)OC(=O)CCC/C=C/CCCCCCCCCCCCCCCCCCCC. The normalized spacial score (nSPS) is 21.8. The second-order valence-corrected chi connectivity index (χ2v) is 19.1. The first-order valence-electron chi connectivity index (χ1n) is 25.1. The molecule has 13 nitrogen and oxygen atoms in total. The van der Waals surface area contributed by atoms with E-state index in [1.807, 2.05) is 0 Å². The minimum Gasteiger partial charge on any atom is -0.462 e. The van der Waals surface area contributed by atoms with Crippen LogP contribution < -0.4 is 0 Å². The predicted molar refractivity (Wildman–Crippen MR) is 249 cm³/mol. The Hall–Kier alpha value is -1.67. The number of ether oxygens (including phenoxy) is 2. The first kappa shape index (κ1) is 59.3. The van der Waals surface area contributed by atoms with Crippen molar-refractivity contribution >= 4 is 19.8 Å². The Morgan fingerprint density at radius 3 is 1.30 bits per heavy atom. The number of aliphatic hydroxyl groups is 5. The quantitative estimate of drug-likeness (QED) is 0.0146. The molecule has 370 valence electrons. The molecule has 14 heteroatoms. The molecule has 6 N–H and O–H groups in total. The van der Waals surface area contributed by atoms with E-state index in [2.05, 4.69) is 38.2 Å². The fourth-order valence-corrected chi connectivity index (χ4v) is 8.66. The van der Waals surface area contributed by atoms with E-state index in [0.717, 1.165) is 51.4 Å². The van der Waals surface area contributed by atoms with Gasteiger partial charge < -0.3 is 39.9 Å². The lowest BCUT2D eigenvalue weighted by Crippen LogP contribution is -2.64. The summed E-state index contributed by atoms with van der Waals surface area (Å²) >= 11 is 0. The second-order valence-electron chi connectivity index (χ2n) is 17.7. The summed E-state index contributed by atoms with van der Waals surface area (Å²) in [6, 6.07) is 0. The van der Waals surface area contributed by atoms with E-state index < -0.39 is 75.7 Å². The van der Waals surface area contributed by atoms with E-state index in [4.69, 9.17) is 18.5 Å². The van der Waals surface area contributed by atoms with E-state index >= 15 is 0 Å². The summed E-state index contributed by atoms with van der Waals surface area (Å²) in [6.45, 7) is 3.25. The zero-order valence-corrected chi connectivity index (χ0v) is 40.3. The van der Waals surface area contributed by atoms with E-state index in [1.165, 1.54) is 122 Å². The van der Waals surface area contributed by atoms with Gasteiger partial charge >= 0.3 is 19.8 Å². The Labute approximate surface area is 381 Å². The van der Waals surface area contributed by atoms with Crippen LogP contribution in [0.4, 0.5) is 0 Å². The third-order valence-corrected chi connectivity index (χ3v) is 12.8. The molecule has 0 aromatic carbocycles. The van der Waals surface area contributed by atoms with Crippen molar-refractivity contribution < 1.29 is 63.1 Å². The van der Waals surface area contributed by atoms with Gasteiger partial charge in [0.05, 0.1) is 6.61 Å². The standard InChI is InChI=1S/C49H91O13P/c1-3-5-7-9-11-13-15-16-17-18-19-20-21-22-23-24-25-26-28-30-32-34-36-38-43(51)61-41(39-59-42(50)37-35-33-31-29-27-14-12-10-8-6-4-2)40-60-63(57,58)62-49-47(55)45(53)44(52)46(54)48(49)56/h10,12,30,32,41,44-49,52-56H,3-9,11,13-29,31,33-40H2,1-2H3,(H,57,58)/b12-10+,32-30+/t41-,44?,45-,46?,47?,48?,49?/m1/s1. The Bertz CT molecular complexity index is 1200. The van der Waals surface area contributed by atoms with Crippen LogP contribution in [0.25, 0.3) is 0 Å². The van der Waals surface area contributed by atoms with Crippen LogP contribution in [0, 0.1) is 0 Å². The van der Waals surface area contributed by atoms with Crippen LogP contribution in [0.5, 0.6) is 0 Å². The van der Waals surface area contributed by atoms with E-state index in [-0.39, 0.29) is 12.8 Å². The van der Waals surface area contributed by atoms with Crippen molar-refractivity contribution in [1.82, 2.24) is 0 Å². The molecule has 6 unspecified atom stereocenters. The Morgan fingerprint density at radius 1 is 0.476 bits per heavy atom. The monoisotopic (exact) mass is 919 g/mol. The lowest BCUT2D eigenvalue weighted by molar-refractivity contribution is -0.220. The molecule has 0 saturated heterocycles. The van der Waals surface area contributed by atoms with Gasteiger partial charge in [0.1, 0.15) is 43.2 Å². The molecule has 0 amide bonds. The highest BCUT2D eigenvalue weighted by molar-refractivity contribution is 7.47. The fourth-order valence-electron chi connectivity index (χ4n) is 7.69. The van der Waals surface area contributed by atoms with Gasteiger partial charge in [-0.1, -0.05) is 179 Å². The number of rotatable bonds is 42. The highest BCUT2D eigenvalue weighted by Gasteiger charge is 2.51. The van der Waals surface area contributed by atoms with Crippen molar-refractivity contribution in [1.29, 1.82) is 0 Å². The Kier molecular flexibility index (Phi) is 37.2. The predicted octanol–water partition coefficient (Wildman–Crippen LogP) is 10.4. The number of phosphoric acid groups is 1. The molecular formula is C49H91O13P. The largest absolute Gasteiger partial charge is 0.472 e. The van der Waals surface area contributed by atoms with Gasteiger partial charge in [0, 0.05) is 12.8 Å². The highest BCUT2D eigenvalue weighted by Crippen LogP contribution is 2.47. The van der Waals surface area contributed by atoms with Crippen LogP contribution in [0.15, 0.2) is 24.3 Å². The molecule has 0 radical (unpaired) electrons. The molecule has 1 saturated carbocycles. The maximum Gasteiger partial charge on any atom is 0.472 e. The summed E-state index contributed by atoms with van der Waals surface area (Å²) in [7, 11) is -5.12. The van der Waals surface area contributed by atoms with Crippen molar-refractivity contribution in [3.63, 3.8) is 0 Å². The van der Waals surface area contributed by atoms with Gasteiger partial charge in [0.2, 0.25) is 0 Å². The van der Waals surface area contributed by atoms with E-state index in [9.17, 15) is 44.6 Å². The van der Waals surface area contributed by atoms with Crippen LogP contribution in [-0.4, -0.2) is 98.3 Å². The summed E-state index contributed by atoms with van der Waals surface area (Å²) in [5.41, 5.74) is 0. The number of carbonyl (C=O) groups is 2. The number of esters is 2. The molecule has 1 rings (SSSR count). The first-order chi connectivity index (χ1) is 30.4. The average molecular weight is 919 g/mol. The van der Waals surface area contributed by atoms with Crippen molar-refractivity contribution in [2.45, 2.75) is 262 Å². The van der Waals surface area contributed by atoms with E-state index in [1.54, 1.807) is 0 Å². The summed E-state index contributed by atoms with van der Waals surface area (Å²) < 4.78 is 33.5. The molecule has 8 atom stereocenters. The first-order valence-corrected chi connectivity index (χ1v) is 26.6. The minimum atomic E-state index is -5.12. The van der Waals surface area contributed by atoms with E-state index in [0.29, 0.717) is 19.3 Å². The van der Waals surface area contributed by atoms with Gasteiger partial charge in [-0.3, -0.25) is 18.6 Å². The summed E-state index contributed by atoms with van der Waals surface area (Å²) in [5, 5.41) is 50.2. The molecule has 0 heterocycles. The molecule has 0 aliphatic heterocycles. The summed E-state index contributed by atoms with van der Waals surface area (Å²) in [6.07, 6.45) is 31.2. The zero-order valence-electron chi connectivity index (χ0n) is 39.4. The zero-order chi connectivity index (χ0) is 46.4. The molecule has 0 bridgehead atoms. The number of unbranched alkanes of at least 4 members (excludes halogenated alkanes) is 26. The van der Waals surface area contributed by atoms with Crippen LogP contribution in [0.2, 0.25) is 0 Å². The third-order valence-electron chi connectivity index (χ3n) is 11.8. The number of phosphoric ester groups is 1.